The first-order chi connectivity index (χ1) is 16.0. The third kappa shape index (κ3) is 8.33. The van der Waals surface area contributed by atoms with Crippen LogP contribution in [0.4, 0.5) is 17.1 Å². The Kier molecular flexibility index (Phi) is 8.88. The summed E-state index contributed by atoms with van der Waals surface area (Å²) < 4.78 is 5.84. The maximum atomic E-state index is 12.4. The average molecular weight is 446 g/mol. The van der Waals surface area contributed by atoms with Gasteiger partial charge < -0.3 is 20.7 Å². The molecule has 3 rings (SSSR count). The predicted octanol–water partition coefficient (Wildman–Crippen LogP) is 5.34. The molecule has 0 saturated carbocycles. The Morgan fingerprint density at radius 1 is 0.818 bits per heavy atom. The molecular weight excluding hydrogens is 414 g/mol. The van der Waals surface area contributed by atoms with Crippen molar-refractivity contribution in [1.82, 2.24) is 0 Å². The molecule has 0 unspecified atom stereocenters. The van der Waals surface area contributed by atoms with Crippen LogP contribution in [0.5, 0.6) is 5.75 Å². The van der Waals surface area contributed by atoms with Gasteiger partial charge in [0.2, 0.25) is 11.8 Å². The van der Waals surface area contributed by atoms with Crippen molar-refractivity contribution in [3.8, 4) is 5.75 Å². The van der Waals surface area contributed by atoms with E-state index >= 15 is 0 Å². The molecule has 0 spiro atoms. The number of aryl methyl sites for hydroxylation is 1. The van der Waals surface area contributed by atoms with E-state index in [9.17, 15) is 9.59 Å². The van der Waals surface area contributed by atoms with E-state index in [4.69, 9.17) is 4.74 Å². The zero-order chi connectivity index (χ0) is 23.5. The summed E-state index contributed by atoms with van der Waals surface area (Å²) in [6, 6.07) is 25.0. The van der Waals surface area contributed by atoms with Crippen LogP contribution in [0.1, 0.15) is 25.8 Å². The Bertz CT molecular complexity index is 1050. The molecule has 3 N–H and O–H groups in total. The topological polar surface area (TPSA) is 79.5 Å². The fraction of sp³-hybridized carbons (Fsp3) is 0.259. The summed E-state index contributed by atoms with van der Waals surface area (Å²) in [6.07, 6.45) is 1.88. The number of benzene rings is 3. The maximum absolute atomic E-state index is 12.4. The molecule has 0 atom stereocenters. The lowest BCUT2D eigenvalue weighted by Crippen LogP contribution is -2.22. The Balaban J connectivity index is 1.43. The number of anilines is 3. The summed E-state index contributed by atoms with van der Waals surface area (Å²) in [7, 11) is 0. The minimum atomic E-state index is -0.173. The highest BCUT2D eigenvalue weighted by molar-refractivity contribution is 5.94. The fourth-order valence-corrected chi connectivity index (χ4v) is 3.16. The SMILES string of the molecule is CC(C)C(=O)Nc1cccc(NCC(=O)Nc2cccc(OCCCc3ccccc3)c2)c1. The van der Waals surface area contributed by atoms with Gasteiger partial charge in [0.15, 0.2) is 0 Å². The third-order valence-electron chi connectivity index (χ3n) is 4.95. The van der Waals surface area contributed by atoms with Crippen molar-refractivity contribution in [2.45, 2.75) is 26.7 Å². The zero-order valence-corrected chi connectivity index (χ0v) is 19.1. The Morgan fingerprint density at radius 2 is 1.52 bits per heavy atom. The Morgan fingerprint density at radius 3 is 2.27 bits per heavy atom. The molecule has 0 aliphatic heterocycles. The second-order valence-electron chi connectivity index (χ2n) is 8.09. The molecule has 0 aliphatic carbocycles. The first-order valence-corrected chi connectivity index (χ1v) is 11.2. The summed E-state index contributed by atoms with van der Waals surface area (Å²) in [5.74, 6) is 0.401. The van der Waals surface area contributed by atoms with Gasteiger partial charge in [0.05, 0.1) is 13.2 Å². The second kappa shape index (κ2) is 12.3. The fourth-order valence-electron chi connectivity index (χ4n) is 3.16. The number of carbonyl (C=O) groups is 2. The lowest BCUT2D eigenvalue weighted by atomic mass is 10.1. The van der Waals surface area contributed by atoms with E-state index in [-0.39, 0.29) is 24.3 Å². The summed E-state index contributed by atoms with van der Waals surface area (Å²) in [6.45, 7) is 4.39. The average Bonchev–Trinajstić information content (AvgIpc) is 2.82. The van der Waals surface area contributed by atoms with Gasteiger partial charge in [-0.3, -0.25) is 9.59 Å². The van der Waals surface area contributed by atoms with E-state index in [0.717, 1.165) is 24.3 Å². The normalized spacial score (nSPS) is 10.5. The van der Waals surface area contributed by atoms with Gasteiger partial charge in [0, 0.05) is 29.0 Å². The minimum absolute atomic E-state index is 0.0490. The molecule has 0 fully saturated rings. The summed E-state index contributed by atoms with van der Waals surface area (Å²) >= 11 is 0. The number of nitrogens with one attached hydrogen (secondary N) is 3. The van der Waals surface area contributed by atoms with E-state index in [1.807, 2.05) is 74.5 Å². The highest BCUT2D eigenvalue weighted by Crippen LogP contribution is 2.19. The standard InChI is InChI=1S/C27H31N3O3/c1-20(2)27(32)30-23-13-6-12-22(17-23)28-19-26(31)29-24-14-7-15-25(18-24)33-16-8-11-21-9-4-3-5-10-21/h3-7,9-10,12-15,17-18,20,28H,8,11,16,19H2,1-2H3,(H,29,31)(H,30,32). The van der Waals surface area contributed by atoms with E-state index in [1.54, 1.807) is 6.07 Å². The molecule has 172 valence electrons. The maximum Gasteiger partial charge on any atom is 0.243 e. The predicted molar refractivity (Wildman–Crippen MR) is 134 cm³/mol. The number of ether oxygens (including phenoxy) is 1. The number of hydrogen-bond acceptors (Lipinski definition) is 4. The van der Waals surface area contributed by atoms with E-state index in [2.05, 4.69) is 28.1 Å². The van der Waals surface area contributed by atoms with Gasteiger partial charge in [0.1, 0.15) is 5.75 Å². The zero-order valence-electron chi connectivity index (χ0n) is 19.1. The number of amides is 2. The molecule has 0 aliphatic rings. The smallest absolute Gasteiger partial charge is 0.243 e. The number of carbonyl (C=O) groups excluding carboxylic acids is 2. The van der Waals surface area contributed by atoms with Crippen LogP contribution in [0.15, 0.2) is 78.9 Å². The quantitative estimate of drug-likeness (QED) is 0.348. The first kappa shape index (κ1) is 23.9. The summed E-state index contributed by atoms with van der Waals surface area (Å²) in [5, 5.41) is 8.82. The lowest BCUT2D eigenvalue weighted by molar-refractivity contribution is -0.119. The first-order valence-electron chi connectivity index (χ1n) is 11.2. The van der Waals surface area contributed by atoms with E-state index in [1.165, 1.54) is 5.56 Å². The second-order valence-corrected chi connectivity index (χ2v) is 8.09. The summed E-state index contributed by atoms with van der Waals surface area (Å²) in [5.41, 5.74) is 3.42. The van der Waals surface area contributed by atoms with Crippen LogP contribution in [0.2, 0.25) is 0 Å². The van der Waals surface area contributed by atoms with Crippen molar-refractivity contribution < 1.29 is 14.3 Å². The van der Waals surface area contributed by atoms with Gasteiger partial charge in [-0.25, -0.2) is 0 Å². The van der Waals surface area contributed by atoms with Crippen molar-refractivity contribution in [1.29, 1.82) is 0 Å². The summed E-state index contributed by atoms with van der Waals surface area (Å²) in [4.78, 5) is 24.2. The van der Waals surface area contributed by atoms with Gasteiger partial charge in [0.25, 0.3) is 0 Å². The van der Waals surface area contributed by atoms with Crippen molar-refractivity contribution in [2.24, 2.45) is 5.92 Å². The molecule has 3 aromatic carbocycles. The van der Waals surface area contributed by atoms with E-state index < -0.39 is 0 Å². The van der Waals surface area contributed by atoms with Crippen LogP contribution in [0.3, 0.4) is 0 Å². The van der Waals surface area contributed by atoms with Gasteiger partial charge in [-0.05, 0) is 48.7 Å². The highest BCUT2D eigenvalue weighted by atomic mass is 16.5. The van der Waals surface area contributed by atoms with Gasteiger partial charge in [-0.1, -0.05) is 56.3 Å². The molecule has 0 saturated heterocycles. The molecule has 6 heteroatoms. The van der Waals surface area contributed by atoms with Gasteiger partial charge in [-0.2, -0.15) is 0 Å². The molecule has 0 radical (unpaired) electrons. The highest BCUT2D eigenvalue weighted by Gasteiger charge is 2.08. The molecule has 0 aromatic heterocycles. The van der Waals surface area contributed by atoms with Gasteiger partial charge >= 0.3 is 0 Å². The Hall–Kier alpha value is -3.80. The Labute approximate surface area is 195 Å². The van der Waals surface area contributed by atoms with Crippen LogP contribution < -0.4 is 20.7 Å². The minimum Gasteiger partial charge on any atom is -0.494 e. The lowest BCUT2D eigenvalue weighted by Gasteiger charge is -2.12. The molecule has 0 bridgehead atoms. The van der Waals surface area contributed by atoms with Crippen molar-refractivity contribution in [3.63, 3.8) is 0 Å². The molecule has 3 aromatic rings. The largest absolute Gasteiger partial charge is 0.494 e. The molecule has 2 amide bonds. The molecule has 33 heavy (non-hydrogen) atoms. The van der Waals surface area contributed by atoms with Crippen LogP contribution in [0, 0.1) is 5.92 Å². The molecular formula is C27H31N3O3. The molecule has 6 nitrogen and oxygen atoms in total. The third-order valence-corrected chi connectivity index (χ3v) is 4.95. The van der Waals surface area contributed by atoms with Crippen LogP contribution >= 0.6 is 0 Å². The van der Waals surface area contributed by atoms with Crippen LogP contribution in [-0.4, -0.2) is 25.0 Å². The van der Waals surface area contributed by atoms with Crippen LogP contribution in [0.25, 0.3) is 0 Å². The van der Waals surface area contributed by atoms with Crippen molar-refractivity contribution in [2.75, 3.05) is 29.1 Å². The molecule has 0 heterocycles. The number of hydrogen-bond donors (Lipinski definition) is 3. The van der Waals surface area contributed by atoms with Gasteiger partial charge in [-0.15, -0.1) is 0 Å². The van der Waals surface area contributed by atoms with Crippen LogP contribution in [-0.2, 0) is 16.0 Å². The van der Waals surface area contributed by atoms with Crippen molar-refractivity contribution >= 4 is 28.9 Å². The number of rotatable bonds is 11. The van der Waals surface area contributed by atoms with Crippen molar-refractivity contribution in [3.05, 3.63) is 84.4 Å². The van der Waals surface area contributed by atoms with E-state index in [0.29, 0.717) is 18.0 Å². The monoisotopic (exact) mass is 445 g/mol.